The fraction of sp³-hybridized carbons (Fsp3) is 0.364. The first-order valence-corrected chi connectivity index (χ1v) is 6.42. The normalized spacial score (nSPS) is 12.3. The molecule has 96 valence electrons. The Morgan fingerprint density at radius 3 is 3.00 bits per heavy atom. The van der Waals surface area contributed by atoms with Gasteiger partial charge >= 0.3 is 0 Å². The van der Waals surface area contributed by atoms with Gasteiger partial charge in [-0.15, -0.1) is 11.3 Å². The molecule has 0 aliphatic carbocycles. The monoisotopic (exact) mass is 265 g/mol. The minimum Gasteiger partial charge on any atom is -0.396 e. The van der Waals surface area contributed by atoms with Crippen LogP contribution in [0.2, 0.25) is 0 Å². The quantitative estimate of drug-likeness (QED) is 0.867. The van der Waals surface area contributed by atoms with Gasteiger partial charge in [0.2, 0.25) is 5.91 Å². The maximum absolute atomic E-state index is 11.8. The number of anilines is 1. The highest BCUT2D eigenvalue weighted by molar-refractivity contribution is 7.09. The fourth-order valence-electron chi connectivity index (χ4n) is 1.53. The SMILES string of the molecule is Cc1csc(C(C)NC(=O)Cn2cc(N)cn2)n1. The van der Waals surface area contributed by atoms with Crippen LogP contribution < -0.4 is 11.1 Å². The van der Waals surface area contributed by atoms with Crippen LogP contribution in [-0.2, 0) is 11.3 Å². The first-order chi connectivity index (χ1) is 8.54. The zero-order valence-electron chi connectivity index (χ0n) is 10.3. The van der Waals surface area contributed by atoms with E-state index in [0.717, 1.165) is 10.7 Å². The Hall–Kier alpha value is -1.89. The second kappa shape index (κ2) is 5.18. The van der Waals surface area contributed by atoms with Crippen molar-refractivity contribution in [2.45, 2.75) is 26.4 Å². The van der Waals surface area contributed by atoms with Crippen molar-refractivity contribution < 1.29 is 4.79 Å². The lowest BCUT2D eigenvalue weighted by molar-refractivity contribution is -0.122. The number of aryl methyl sites for hydroxylation is 1. The third-order valence-electron chi connectivity index (χ3n) is 2.34. The lowest BCUT2D eigenvalue weighted by Gasteiger charge is -2.11. The van der Waals surface area contributed by atoms with Crippen molar-refractivity contribution in [3.05, 3.63) is 28.5 Å². The molecule has 0 aliphatic rings. The van der Waals surface area contributed by atoms with Crippen LogP contribution in [0.3, 0.4) is 0 Å². The molecule has 0 saturated carbocycles. The summed E-state index contributed by atoms with van der Waals surface area (Å²) in [5, 5.41) is 9.70. The van der Waals surface area contributed by atoms with Gasteiger partial charge in [0.15, 0.2) is 0 Å². The number of nitrogens with two attached hydrogens (primary N) is 1. The van der Waals surface area contributed by atoms with Gasteiger partial charge in [0.1, 0.15) is 11.6 Å². The number of nitrogens with zero attached hydrogens (tertiary/aromatic N) is 3. The second-order valence-corrected chi connectivity index (χ2v) is 4.98. The first kappa shape index (κ1) is 12.6. The highest BCUT2D eigenvalue weighted by Gasteiger charge is 2.13. The van der Waals surface area contributed by atoms with Crippen LogP contribution in [0.15, 0.2) is 17.8 Å². The van der Waals surface area contributed by atoms with E-state index in [2.05, 4.69) is 15.4 Å². The lowest BCUT2D eigenvalue weighted by Crippen LogP contribution is -2.30. The number of thiazole rings is 1. The van der Waals surface area contributed by atoms with Crippen molar-refractivity contribution in [1.82, 2.24) is 20.1 Å². The Kier molecular flexibility index (Phi) is 3.61. The summed E-state index contributed by atoms with van der Waals surface area (Å²) >= 11 is 1.54. The van der Waals surface area contributed by atoms with Gasteiger partial charge < -0.3 is 11.1 Å². The van der Waals surface area contributed by atoms with Crippen LogP contribution in [-0.4, -0.2) is 20.7 Å². The van der Waals surface area contributed by atoms with E-state index in [4.69, 9.17) is 5.73 Å². The zero-order valence-corrected chi connectivity index (χ0v) is 11.1. The standard InChI is InChI=1S/C11H15N5OS/c1-7-6-18-11(14-7)8(2)15-10(17)5-16-4-9(12)3-13-16/h3-4,6,8H,5,12H2,1-2H3,(H,15,17). The Balaban J connectivity index is 1.91. The van der Waals surface area contributed by atoms with Gasteiger partial charge in [0, 0.05) is 17.3 Å². The number of nitrogens with one attached hydrogen (secondary N) is 1. The highest BCUT2D eigenvalue weighted by atomic mass is 32.1. The van der Waals surface area contributed by atoms with Crippen LogP contribution in [0.1, 0.15) is 23.7 Å². The molecule has 2 heterocycles. The van der Waals surface area contributed by atoms with Gasteiger partial charge in [-0.1, -0.05) is 0 Å². The molecular weight excluding hydrogens is 250 g/mol. The summed E-state index contributed by atoms with van der Waals surface area (Å²) in [6, 6.07) is -0.0934. The largest absolute Gasteiger partial charge is 0.396 e. The summed E-state index contributed by atoms with van der Waals surface area (Å²) in [6.45, 7) is 4.00. The minimum absolute atomic E-state index is 0.0934. The van der Waals surface area contributed by atoms with Crippen LogP contribution in [0, 0.1) is 6.92 Å². The number of nitrogen functional groups attached to an aromatic ring is 1. The molecule has 1 amide bonds. The maximum Gasteiger partial charge on any atom is 0.242 e. The van der Waals surface area contributed by atoms with E-state index in [0.29, 0.717) is 5.69 Å². The van der Waals surface area contributed by atoms with Crippen molar-refractivity contribution in [3.8, 4) is 0 Å². The Morgan fingerprint density at radius 2 is 2.44 bits per heavy atom. The average Bonchev–Trinajstić information content (AvgIpc) is 2.87. The molecule has 0 fully saturated rings. The molecule has 1 unspecified atom stereocenters. The number of rotatable bonds is 4. The Labute approximate surface area is 109 Å². The molecule has 2 aromatic heterocycles. The van der Waals surface area contributed by atoms with Crippen molar-refractivity contribution in [2.75, 3.05) is 5.73 Å². The van der Waals surface area contributed by atoms with Crippen LogP contribution in [0.5, 0.6) is 0 Å². The molecule has 0 aliphatic heterocycles. The first-order valence-electron chi connectivity index (χ1n) is 5.54. The minimum atomic E-state index is -0.113. The smallest absolute Gasteiger partial charge is 0.242 e. The molecule has 6 nitrogen and oxygen atoms in total. The lowest BCUT2D eigenvalue weighted by atomic mass is 10.3. The van der Waals surface area contributed by atoms with Crippen LogP contribution in [0.25, 0.3) is 0 Å². The Bertz CT molecular complexity index is 547. The van der Waals surface area contributed by atoms with E-state index in [-0.39, 0.29) is 18.5 Å². The van der Waals surface area contributed by atoms with E-state index in [9.17, 15) is 4.79 Å². The molecule has 18 heavy (non-hydrogen) atoms. The van der Waals surface area contributed by atoms with Crippen molar-refractivity contribution >= 4 is 22.9 Å². The van der Waals surface area contributed by atoms with Crippen LogP contribution >= 0.6 is 11.3 Å². The van der Waals surface area contributed by atoms with Gasteiger partial charge in [-0.25, -0.2) is 4.98 Å². The molecule has 2 rings (SSSR count). The number of carbonyl (C=O) groups is 1. The third kappa shape index (κ3) is 3.07. The van der Waals surface area contributed by atoms with E-state index in [1.165, 1.54) is 10.9 Å². The van der Waals surface area contributed by atoms with Gasteiger partial charge in [0.25, 0.3) is 0 Å². The van der Waals surface area contributed by atoms with E-state index >= 15 is 0 Å². The average molecular weight is 265 g/mol. The Morgan fingerprint density at radius 1 is 1.67 bits per heavy atom. The van der Waals surface area contributed by atoms with Gasteiger partial charge in [-0.05, 0) is 13.8 Å². The fourth-order valence-corrected chi connectivity index (χ4v) is 2.34. The van der Waals surface area contributed by atoms with E-state index < -0.39 is 0 Å². The summed E-state index contributed by atoms with van der Waals surface area (Å²) in [5.41, 5.74) is 7.04. The van der Waals surface area contributed by atoms with E-state index in [1.807, 2.05) is 19.2 Å². The number of amides is 1. The number of carbonyl (C=O) groups excluding carboxylic acids is 1. The molecule has 0 aromatic carbocycles. The molecular formula is C11H15N5OS. The van der Waals surface area contributed by atoms with Crippen molar-refractivity contribution in [1.29, 1.82) is 0 Å². The predicted octanol–water partition coefficient (Wildman–Crippen LogP) is 1.11. The van der Waals surface area contributed by atoms with Crippen molar-refractivity contribution in [3.63, 3.8) is 0 Å². The molecule has 0 spiro atoms. The van der Waals surface area contributed by atoms with Gasteiger partial charge in [0.05, 0.1) is 17.9 Å². The molecule has 0 bridgehead atoms. The maximum atomic E-state index is 11.8. The molecule has 3 N–H and O–H groups in total. The summed E-state index contributed by atoms with van der Waals surface area (Å²) in [6.07, 6.45) is 3.14. The summed E-state index contributed by atoms with van der Waals surface area (Å²) in [4.78, 5) is 16.1. The molecule has 1 atom stereocenters. The van der Waals surface area contributed by atoms with Crippen LogP contribution in [0.4, 0.5) is 5.69 Å². The highest BCUT2D eigenvalue weighted by Crippen LogP contribution is 2.17. The summed E-state index contributed by atoms with van der Waals surface area (Å²) in [5.74, 6) is -0.113. The van der Waals surface area contributed by atoms with Crippen molar-refractivity contribution in [2.24, 2.45) is 0 Å². The molecule has 0 saturated heterocycles. The number of aromatic nitrogens is 3. The molecule has 0 radical (unpaired) electrons. The summed E-state index contributed by atoms with van der Waals surface area (Å²) in [7, 11) is 0. The third-order valence-corrected chi connectivity index (χ3v) is 3.49. The topological polar surface area (TPSA) is 85.8 Å². The van der Waals surface area contributed by atoms with E-state index in [1.54, 1.807) is 17.5 Å². The zero-order chi connectivity index (χ0) is 13.1. The van der Waals surface area contributed by atoms with Gasteiger partial charge in [-0.2, -0.15) is 5.10 Å². The predicted molar refractivity (Wildman–Crippen MR) is 70.0 cm³/mol. The molecule has 2 aromatic rings. The van der Waals surface area contributed by atoms with Gasteiger partial charge in [-0.3, -0.25) is 9.48 Å². The molecule has 7 heteroatoms. The number of hydrogen-bond donors (Lipinski definition) is 2. The summed E-state index contributed by atoms with van der Waals surface area (Å²) < 4.78 is 1.50. The number of hydrogen-bond acceptors (Lipinski definition) is 5. The second-order valence-electron chi connectivity index (χ2n) is 4.09.